The number of ether oxygens (including phenoxy) is 1. The lowest BCUT2D eigenvalue weighted by atomic mass is 9.93. The topological polar surface area (TPSA) is 62.4 Å². The van der Waals surface area contributed by atoms with Crippen LogP contribution in [0.5, 0.6) is 0 Å². The highest BCUT2D eigenvalue weighted by Gasteiger charge is 2.22. The first-order chi connectivity index (χ1) is 12.9. The Morgan fingerprint density at radius 2 is 1.81 bits per heavy atom. The molecule has 0 amide bonds. The summed E-state index contributed by atoms with van der Waals surface area (Å²) < 4.78 is 4.75. The van der Waals surface area contributed by atoms with Crippen LogP contribution in [0.4, 0.5) is 0 Å². The molecule has 1 N–H and O–H groups in total. The van der Waals surface area contributed by atoms with Gasteiger partial charge in [0.2, 0.25) is 5.56 Å². The van der Waals surface area contributed by atoms with E-state index >= 15 is 0 Å². The second-order valence-corrected chi connectivity index (χ2v) is 7.80. The lowest BCUT2D eigenvalue weighted by molar-refractivity contribution is -0.142. The van der Waals surface area contributed by atoms with Crippen molar-refractivity contribution >= 4 is 29.2 Å². The monoisotopic (exact) mass is 408 g/mol. The molecule has 0 saturated carbocycles. The number of halogens is 2. The minimum Gasteiger partial charge on any atom is -0.469 e. The zero-order valence-corrected chi connectivity index (χ0v) is 16.6. The number of likely N-dealkylation sites (tertiary alicyclic amines) is 1. The molecule has 0 aliphatic carbocycles. The minimum atomic E-state index is -0.154. The number of methoxy groups -OCH3 is 1. The van der Waals surface area contributed by atoms with Crippen molar-refractivity contribution in [1.82, 2.24) is 9.88 Å². The summed E-state index contributed by atoms with van der Waals surface area (Å²) in [6.07, 6.45) is 2.39. The van der Waals surface area contributed by atoms with Gasteiger partial charge < -0.3 is 9.72 Å². The third-order valence-corrected chi connectivity index (χ3v) is 5.31. The van der Waals surface area contributed by atoms with Gasteiger partial charge in [0.05, 0.1) is 7.11 Å². The van der Waals surface area contributed by atoms with Gasteiger partial charge in [-0.3, -0.25) is 14.5 Å². The van der Waals surface area contributed by atoms with Crippen molar-refractivity contribution in [1.29, 1.82) is 0 Å². The highest BCUT2D eigenvalue weighted by molar-refractivity contribution is 6.35. The second-order valence-electron chi connectivity index (χ2n) is 6.92. The summed E-state index contributed by atoms with van der Waals surface area (Å²) in [5.74, 6) is 0.227. The zero-order chi connectivity index (χ0) is 19.4. The Labute approximate surface area is 168 Å². The van der Waals surface area contributed by atoms with Gasteiger partial charge in [0.1, 0.15) is 0 Å². The fourth-order valence-electron chi connectivity index (χ4n) is 3.48. The Morgan fingerprint density at radius 1 is 1.15 bits per heavy atom. The molecule has 7 heteroatoms. The van der Waals surface area contributed by atoms with Crippen molar-refractivity contribution in [2.45, 2.75) is 25.8 Å². The molecule has 0 bridgehead atoms. The summed E-state index contributed by atoms with van der Waals surface area (Å²) in [4.78, 5) is 28.7. The minimum absolute atomic E-state index is 0.145. The number of pyridine rings is 1. The number of piperidine rings is 1. The van der Waals surface area contributed by atoms with E-state index in [1.165, 1.54) is 7.11 Å². The molecular formula is C20H22Cl2N2O3. The first-order valence-electron chi connectivity index (χ1n) is 8.92. The molecular weight excluding hydrogens is 387 g/mol. The number of carbonyl (C=O) groups excluding carboxylic acids is 1. The molecule has 2 heterocycles. The summed E-state index contributed by atoms with van der Waals surface area (Å²) in [5, 5.41) is 1.05. The smallest absolute Gasteiger partial charge is 0.305 e. The molecule has 0 radical (unpaired) electrons. The van der Waals surface area contributed by atoms with Crippen LogP contribution in [0.15, 0.2) is 35.1 Å². The summed E-state index contributed by atoms with van der Waals surface area (Å²) in [6.45, 7) is 2.48. The van der Waals surface area contributed by atoms with E-state index in [0.29, 0.717) is 34.6 Å². The van der Waals surface area contributed by atoms with Gasteiger partial charge in [-0.15, -0.1) is 0 Å². The molecule has 27 heavy (non-hydrogen) atoms. The van der Waals surface area contributed by atoms with Gasteiger partial charge in [-0.1, -0.05) is 23.2 Å². The van der Waals surface area contributed by atoms with Gasteiger partial charge in [-0.05, 0) is 61.7 Å². The molecule has 2 aromatic rings. The maximum Gasteiger partial charge on any atom is 0.305 e. The van der Waals surface area contributed by atoms with E-state index in [4.69, 9.17) is 27.9 Å². The normalized spacial score (nSPS) is 15.7. The number of nitrogens with zero attached hydrogens (tertiary/aromatic N) is 1. The number of hydrogen-bond donors (Lipinski definition) is 1. The Bertz CT molecular complexity index is 854. The van der Waals surface area contributed by atoms with E-state index in [1.807, 2.05) is 6.07 Å². The first kappa shape index (κ1) is 19.9. The van der Waals surface area contributed by atoms with E-state index in [1.54, 1.807) is 24.3 Å². The van der Waals surface area contributed by atoms with Crippen LogP contribution in [-0.2, 0) is 16.1 Å². The number of nitrogens with one attached hydrogen (secondary N) is 1. The van der Waals surface area contributed by atoms with E-state index in [0.717, 1.165) is 37.1 Å². The fraction of sp³-hybridized carbons (Fsp3) is 0.400. The number of H-pyrrole nitrogens is 1. The number of esters is 1. The summed E-state index contributed by atoms with van der Waals surface area (Å²) in [6, 6.07) is 8.80. The van der Waals surface area contributed by atoms with Crippen molar-refractivity contribution in [3.8, 4) is 11.3 Å². The SMILES string of the molecule is COC(=O)CC1CCN(Cc2cc(-c3cc(Cl)cc(Cl)c3)[nH]c(=O)c2)CC1. The number of aromatic amines is 1. The highest BCUT2D eigenvalue weighted by Crippen LogP contribution is 2.27. The molecule has 1 aliphatic heterocycles. The van der Waals surface area contributed by atoms with Crippen molar-refractivity contribution in [2.75, 3.05) is 20.2 Å². The molecule has 3 rings (SSSR count). The Kier molecular flexibility index (Phi) is 6.58. The van der Waals surface area contributed by atoms with Crippen LogP contribution >= 0.6 is 23.2 Å². The average Bonchev–Trinajstić information content (AvgIpc) is 2.62. The Hall–Kier alpha value is -1.82. The van der Waals surface area contributed by atoms with Crippen LogP contribution in [0.3, 0.4) is 0 Å². The number of benzene rings is 1. The van der Waals surface area contributed by atoms with Gasteiger partial charge >= 0.3 is 5.97 Å². The Morgan fingerprint density at radius 3 is 2.44 bits per heavy atom. The third-order valence-electron chi connectivity index (χ3n) is 4.87. The zero-order valence-electron chi connectivity index (χ0n) is 15.1. The predicted octanol–water partition coefficient (Wildman–Crippen LogP) is 4.12. The highest BCUT2D eigenvalue weighted by atomic mass is 35.5. The van der Waals surface area contributed by atoms with Crippen LogP contribution in [-0.4, -0.2) is 36.1 Å². The van der Waals surface area contributed by atoms with E-state index in [-0.39, 0.29) is 11.5 Å². The van der Waals surface area contributed by atoms with Gasteiger partial charge in [-0.2, -0.15) is 0 Å². The molecule has 0 spiro atoms. The predicted molar refractivity (Wildman–Crippen MR) is 107 cm³/mol. The van der Waals surface area contributed by atoms with E-state index in [2.05, 4.69) is 9.88 Å². The quantitative estimate of drug-likeness (QED) is 0.755. The van der Waals surface area contributed by atoms with E-state index in [9.17, 15) is 9.59 Å². The number of carbonyl (C=O) groups is 1. The lowest BCUT2D eigenvalue weighted by Gasteiger charge is -2.31. The summed E-state index contributed by atoms with van der Waals surface area (Å²) in [5.41, 5.74) is 2.26. The van der Waals surface area contributed by atoms with Crippen molar-refractivity contribution in [3.63, 3.8) is 0 Å². The number of aromatic nitrogens is 1. The maximum absolute atomic E-state index is 12.1. The van der Waals surface area contributed by atoms with Crippen LogP contribution in [0.1, 0.15) is 24.8 Å². The Balaban J connectivity index is 1.69. The van der Waals surface area contributed by atoms with Crippen LogP contribution in [0.25, 0.3) is 11.3 Å². The number of rotatable bonds is 5. The molecule has 144 valence electrons. The summed E-state index contributed by atoms with van der Waals surface area (Å²) in [7, 11) is 1.43. The molecule has 1 aromatic heterocycles. The average molecular weight is 409 g/mol. The third kappa shape index (κ3) is 5.58. The summed E-state index contributed by atoms with van der Waals surface area (Å²) >= 11 is 12.2. The van der Waals surface area contributed by atoms with E-state index < -0.39 is 0 Å². The standard InChI is InChI=1S/C20H22Cl2N2O3/c1-27-20(26)8-13-2-4-24(5-3-13)12-14-6-18(23-19(25)7-14)15-9-16(21)11-17(22)10-15/h6-7,9-11,13H,2-5,8,12H2,1H3,(H,23,25). The van der Waals surface area contributed by atoms with Gasteiger partial charge in [0, 0.05) is 40.3 Å². The number of hydrogen-bond acceptors (Lipinski definition) is 4. The molecule has 1 fully saturated rings. The van der Waals surface area contributed by atoms with Gasteiger partial charge in [0.15, 0.2) is 0 Å². The fourth-order valence-corrected chi connectivity index (χ4v) is 4.01. The maximum atomic E-state index is 12.1. The molecule has 0 unspecified atom stereocenters. The first-order valence-corrected chi connectivity index (χ1v) is 9.67. The lowest BCUT2D eigenvalue weighted by Crippen LogP contribution is -2.34. The van der Waals surface area contributed by atoms with Crippen molar-refractivity contribution in [3.05, 3.63) is 56.3 Å². The van der Waals surface area contributed by atoms with Gasteiger partial charge in [-0.25, -0.2) is 0 Å². The van der Waals surface area contributed by atoms with Crippen LogP contribution in [0, 0.1) is 5.92 Å². The molecule has 0 atom stereocenters. The van der Waals surface area contributed by atoms with Crippen molar-refractivity contribution < 1.29 is 9.53 Å². The molecule has 1 aromatic carbocycles. The largest absolute Gasteiger partial charge is 0.469 e. The van der Waals surface area contributed by atoms with Crippen molar-refractivity contribution in [2.24, 2.45) is 5.92 Å². The van der Waals surface area contributed by atoms with Crippen LogP contribution in [0.2, 0.25) is 10.0 Å². The van der Waals surface area contributed by atoms with Gasteiger partial charge in [0.25, 0.3) is 0 Å². The molecule has 5 nitrogen and oxygen atoms in total. The van der Waals surface area contributed by atoms with Crippen LogP contribution < -0.4 is 5.56 Å². The molecule has 1 saturated heterocycles. The second kappa shape index (κ2) is 8.91. The molecule has 1 aliphatic rings.